The van der Waals surface area contributed by atoms with E-state index in [0.29, 0.717) is 60.3 Å². The number of hydrogen-bond donors (Lipinski definition) is 2. The molecule has 0 amide bonds. The predicted octanol–water partition coefficient (Wildman–Crippen LogP) is 11.1. The predicted molar refractivity (Wildman–Crippen MR) is 267 cm³/mol. The first-order valence-corrected chi connectivity index (χ1v) is 30.9. The highest BCUT2D eigenvalue weighted by Crippen LogP contribution is 2.45. The van der Waals surface area contributed by atoms with E-state index in [1.54, 1.807) is 24.3 Å². The lowest BCUT2D eigenvalue weighted by Crippen LogP contribution is -2.13. The zero-order valence-corrected chi connectivity index (χ0v) is 44.3. The number of halogens is 6. The van der Waals surface area contributed by atoms with Crippen molar-refractivity contribution in [3.63, 3.8) is 0 Å². The molecule has 77 heavy (non-hydrogen) atoms. The Hall–Kier alpha value is -6.69. The molecular formula is C50H36F6O14S7. The summed E-state index contributed by atoms with van der Waals surface area (Å²) < 4.78 is 244. The van der Waals surface area contributed by atoms with Crippen LogP contribution in [0, 0.1) is 0 Å². The summed E-state index contributed by atoms with van der Waals surface area (Å²) in [6, 6.07) is 42.1. The smallest absolute Gasteiger partial charge is 0.282 e. The van der Waals surface area contributed by atoms with Crippen LogP contribution in [0.3, 0.4) is 0 Å². The van der Waals surface area contributed by atoms with Crippen LogP contribution in [-0.2, 0) is 71.9 Å². The third-order valence-corrected chi connectivity index (χ3v) is 21.1. The third kappa shape index (κ3) is 14.1. The van der Waals surface area contributed by atoms with Gasteiger partial charge in [-0.05, 0) is 121 Å². The normalized spacial score (nSPS) is 12.6. The molecule has 0 saturated heterocycles. The molecule has 8 aromatic rings. The summed E-state index contributed by atoms with van der Waals surface area (Å²) in [6.45, 7) is 0. The highest BCUT2D eigenvalue weighted by molar-refractivity contribution is 8.01. The topological polar surface area (TPSA) is 245 Å². The van der Waals surface area contributed by atoms with Crippen molar-refractivity contribution in [1.29, 1.82) is 0 Å². The molecule has 0 bridgehead atoms. The van der Waals surface area contributed by atoms with Gasteiger partial charge in [0, 0.05) is 9.79 Å². The average Bonchev–Trinajstić information content (AvgIpc) is 3.40. The van der Waals surface area contributed by atoms with Gasteiger partial charge in [0.15, 0.2) is 0 Å². The maximum absolute atomic E-state index is 14.4. The minimum atomic E-state index is -4.56. The summed E-state index contributed by atoms with van der Waals surface area (Å²) in [5.41, 5.74) is -1.94. The van der Waals surface area contributed by atoms with Crippen LogP contribution in [0.25, 0.3) is 0 Å². The molecule has 0 atom stereocenters. The van der Waals surface area contributed by atoms with Gasteiger partial charge in [-0.15, -0.1) is 0 Å². The van der Waals surface area contributed by atoms with Crippen LogP contribution in [0.1, 0.15) is 11.1 Å². The molecule has 8 rings (SSSR count). The van der Waals surface area contributed by atoms with E-state index in [1.165, 1.54) is 133 Å². The van der Waals surface area contributed by atoms with E-state index < -0.39 is 112 Å². The summed E-state index contributed by atoms with van der Waals surface area (Å²) >= 11 is 0.648. The van der Waals surface area contributed by atoms with Crippen LogP contribution in [0.4, 0.5) is 26.3 Å². The van der Waals surface area contributed by atoms with Crippen LogP contribution < -0.4 is 0 Å². The second kappa shape index (κ2) is 23.1. The van der Waals surface area contributed by atoms with Crippen LogP contribution in [0.5, 0.6) is 0 Å². The molecule has 0 aliphatic carbocycles. The Labute approximate surface area is 442 Å². The molecule has 0 heterocycles. The average molecular weight is 1200 g/mol. The molecule has 0 unspecified atom stereocenters. The molecule has 14 nitrogen and oxygen atoms in total. The van der Waals surface area contributed by atoms with Crippen LogP contribution in [0.15, 0.2) is 265 Å². The summed E-state index contributed by atoms with van der Waals surface area (Å²) in [5, 5.41) is 0. The van der Waals surface area contributed by atoms with Crippen molar-refractivity contribution < 1.29 is 86.0 Å². The maximum Gasteiger partial charge on any atom is 0.416 e. The van der Waals surface area contributed by atoms with Crippen molar-refractivity contribution in [2.45, 2.75) is 71.1 Å². The largest absolute Gasteiger partial charge is 0.416 e. The van der Waals surface area contributed by atoms with E-state index >= 15 is 0 Å². The zero-order chi connectivity index (χ0) is 56.8. The molecule has 8 aromatic carbocycles. The Morgan fingerprint density at radius 3 is 0.766 bits per heavy atom. The van der Waals surface area contributed by atoms with Gasteiger partial charge >= 0.3 is 12.4 Å². The van der Waals surface area contributed by atoms with Crippen molar-refractivity contribution >= 4 is 71.3 Å². The van der Waals surface area contributed by atoms with Crippen molar-refractivity contribution in [2.24, 2.45) is 0 Å². The molecular weight excluding hydrogens is 1160 g/mol. The van der Waals surface area contributed by atoms with E-state index in [1.807, 2.05) is 0 Å². The standard InChI is InChI=1S/C36H26O8S5.2C7H5F3O3S/c37-46(38,27-15-5-1-6-16-27)33-25-13-23-31(35(33)48(41,42)29-19-9-3-10-20-29)45-32-24-14-26-34(47(39,40)28-17-7-2-8-18-28)36(32)49(43,44)30-21-11-4-12-22-30;2*8-7(9,10)5-1-3-6(4-2-5)14(11,12)13/h1-26H;2*1-4H,(H,11,12,13). The van der Waals surface area contributed by atoms with Crippen LogP contribution in [0.2, 0.25) is 0 Å². The second-order valence-electron chi connectivity index (χ2n) is 15.5. The first-order chi connectivity index (χ1) is 35.8. The highest BCUT2D eigenvalue weighted by atomic mass is 32.2. The fraction of sp³-hybridized carbons (Fsp3) is 0.0400. The van der Waals surface area contributed by atoms with Gasteiger partial charge < -0.3 is 0 Å². The van der Waals surface area contributed by atoms with Gasteiger partial charge in [-0.2, -0.15) is 43.2 Å². The fourth-order valence-electron chi connectivity index (χ4n) is 6.74. The molecule has 0 saturated carbocycles. The van der Waals surface area contributed by atoms with Gasteiger partial charge in [0.05, 0.1) is 50.3 Å². The van der Waals surface area contributed by atoms with Crippen LogP contribution >= 0.6 is 11.8 Å². The van der Waals surface area contributed by atoms with Gasteiger partial charge in [-0.1, -0.05) is 96.7 Å². The lowest BCUT2D eigenvalue weighted by atomic mass is 10.2. The van der Waals surface area contributed by atoms with Gasteiger partial charge in [0.1, 0.15) is 9.79 Å². The monoisotopic (exact) mass is 1200 g/mol. The fourth-order valence-corrected chi connectivity index (χ4v) is 16.6. The minimum Gasteiger partial charge on any atom is -0.282 e. The molecule has 0 radical (unpaired) electrons. The second-order valence-corrected chi connectivity index (χ2v) is 27.1. The lowest BCUT2D eigenvalue weighted by molar-refractivity contribution is -0.138. The lowest BCUT2D eigenvalue weighted by Gasteiger charge is -2.19. The van der Waals surface area contributed by atoms with Crippen LogP contribution in [-0.4, -0.2) is 59.6 Å². The number of rotatable bonds is 12. The van der Waals surface area contributed by atoms with E-state index in [-0.39, 0.29) is 29.4 Å². The first kappa shape index (κ1) is 59.6. The Morgan fingerprint density at radius 2 is 0.532 bits per heavy atom. The summed E-state index contributed by atoms with van der Waals surface area (Å²) in [6.07, 6.45) is -9.03. The van der Waals surface area contributed by atoms with E-state index in [2.05, 4.69) is 0 Å². The molecule has 404 valence electrons. The van der Waals surface area contributed by atoms with Gasteiger partial charge in [-0.3, -0.25) is 9.11 Å². The Bertz CT molecular complexity index is 3830. The van der Waals surface area contributed by atoms with Crippen molar-refractivity contribution in [1.82, 2.24) is 0 Å². The Morgan fingerprint density at radius 1 is 0.286 bits per heavy atom. The Balaban J connectivity index is 0.000000278. The van der Waals surface area contributed by atoms with Gasteiger partial charge in [0.2, 0.25) is 39.3 Å². The molecule has 2 N–H and O–H groups in total. The number of sulfone groups is 4. The maximum atomic E-state index is 14.4. The summed E-state index contributed by atoms with van der Waals surface area (Å²) in [4.78, 5) is -4.25. The number of hydrogen-bond acceptors (Lipinski definition) is 13. The molecule has 0 fully saturated rings. The van der Waals surface area contributed by atoms with Gasteiger partial charge in [-0.25, -0.2) is 33.7 Å². The quantitative estimate of drug-likeness (QED) is 0.0853. The number of benzene rings is 8. The van der Waals surface area contributed by atoms with E-state index in [0.717, 1.165) is 0 Å². The SMILES string of the molecule is O=S(=O)(O)c1ccc(C(F)(F)F)cc1.O=S(=O)(O)c1ccc(C(F)(F)F)cc1.O=S(=O)(c1ccccc1)c1cccc(Sc2cccc(S(=O)(=O)c3ccccc3)c2S(=O)(=O)c2ccccc2)c1S(=O)(=O)c1ccccc1. The Kier molecular flexibility index (Phi) is 17.9. The van der Waals surface area contributed by atoms with Crippen molar-refractivity contribution in [3.05, 3.63) is 217 Å². The van der Waals surface area contributed by atoms with Gasteiger partial charge in [0.25, 0.3) is 20.2 Å². The highest BCUT2D eigenvalue weighted by Gasteiger charge is 2.36. The first-order valence-electron chi connectivity index (χ1n) is 21.2. The molecule has 27 heteroatoms. The van der Waals surface area contributed by atoms with E-state index in [4.69, 9.17) is 9.11 Å². The molecule has 0 aliphatic rings. The summed E-state index contributed by atoms with van der Waals surface area (Å²) in [7, 11) is -26.8. The third-order valence-electron chi connectivity index (χ3n) is 10.4. The molecule has 0 spiro atoms. The van der Waals surface area contributed by atoms with E-state index in [9.17, 15) is 76.8 Å². The van der Waals surface area contributed by atoms with Crippen molar-refractivity contribution in [2.75, 3.05) is 0 Å². The minimum absolute atomic E-state index is 0.125. The van der Waals surface area contributed by atoms with Crippen molar-refractivity contribution in [3.8, 4) is 0 Å². The molecule has 0 aliphatic heterocycles. The number of alkyl halides is 6. The zero-order valence-electron chi connectivity index (χ0n) is 38.5. The summed E-state index contributed by atoms with van der Waals surface area (Å²) in [5.74, 6) is 0. The molecule has 0 aromatic heterocycles.